The highest BCUT2D eigenvalue weighted by molar-refractivity contribution is 5.44. The van der Waals surface area contributed by atoms with Gasteiger partial charge in [0, 0.05) is 18.0 Å². The first-order valence-electron chi connectivity index (χ1n) is 8.15. The summed E-state index contributed by atoms with van der Waals surface area (Å²) in [4.78, 5) is 0. The summed E-state index contributed by atoms with van der Waals surface area (Å²) in [5, 5.41) is 0. The molecule has 116 valence electrons. The SMILES string of the molecule is COc1ccc2c(c1)[C@H](N)CC1(CCCC(C(C)C)C1)O2. The van der Waals surface area contributed by atoms with E-state index in [1.54, 1.807) is 7.11 Å². The van der Waals surface area contributed by atoms with E-state index in [9.17, 15) is 0 Å². The molecule has 1 aromatic carbocycles. The second kappa shape index (κ2) is 5.53. The van der Waals surface area contributed by atoms with E-state index < -0.39 is 0 Å². The van der Waals surface area contributed by atoms with Gasteiger partial charge in [0.25, 0.3) is 0 Å². The number of nitrogens with two attached hydrogens (primary N) is 1. The Balaban J connectivity index is 1.87. The summed E-state index contributed by atoms with van der Waals surface area (Å²) < 4.78 is 11.8. The first-order chi connectivity index (χ1) is 10.0. The second-order valence-electron chi connectivity index (χ2n) is 7.10. The zero-order valence-corrected chi connectivity index (χ0v) is 13.4. The molecule has 21 heavy (non-hydrogen) atoms. The molecule has 0 bridgehead atoms. The number of rotatable bonds is 2. The van der Waals surface area contributed by atoms with E-state index in [1.165, 1.54) is 12.8 Å². The lowest BCUT2D eigenvalue weighted by atomic mass is 9.70. The normalized spacial score (nSPS) is 31.9. The topological polar surface area (TPSA) is 44.5 Å². The lowest BCUT2D eigenvalue weighted by molar-refractivity contribution is -0.0249. The fourth-order valence-electron chi connectivity index (χ4n) is 4.04. The van der Waals surface area contributed by atoms with Crippen molar-refractivity contribution in [3.8, 4) is 11.5 Å². The number of ether oxygens (including phenoxy) is 2. The van der Waals surface area contributed by atoms with Crippen molar-refractivity contribution in [1.82, 2.24) is 0 Å². The molecular weight excluding hydrogens is 262 g/mol. The molecular formula is C18H27NO2. The zero-order chi connectivity index (χ0) is 15.0. The number of methoxy groups -OCH3 is 1. The Hall–Kier alpha value is -1.22. The van der Waals surface area contributed by atoms with Gasteiger partial charge < -0.3 is 15.2 Å². The standard InChI is InChI=1S/C18H27NO2/c1-12(2)13-5-4-8-18(10-13)11-16(19)15-9-14(20-3)6-7-17(15)21-18/h6-7,9,12-13,16H,4-5,8,10-11,19H2,1-3H3/t13?,16-,18?/m1/s1. The van der Waals surface area contributed by atoms with E-state index in [0.717, 1.165) is 48.2 Å². The van der Waals surface area contributed by atoms with Crippen LogP contribution in [0.5, 0.6) is 11.5 Å². The van der Waals surface area contributed by atoms with E-state index in [0.29, 0.717) is 0 Å². The molecule has 1 spiro atoms. The van der Waals surface area contributed by atoms with Crippen LogP contribution in [0.15, 0.2) is 18.2 Å². The molecule has 3 atom stereocenters. The van der Waals surface area contributed by atoms with Crippen molar-refractivity contribution in [3.05, 3.63) is 23.8 Å². The Kier molecular flexibility index (Phi) is 3.87. The maximum atomic E-state index is 6.48. The fourth-order valence-corrected chi connectivity index (χ4v) is 4.04. The van der Waals surface area contributed by atoms with E-state index >= 15 is 0 Å². The van der Waals surface area contributed by atoms with Crippen molar-refractivity contribution < 1.29 is 9.47 Å². The highest BCUT2D eigenvalue weighted by atomic mass is 16.5. The second-order valence-corrected chi connectivity index (χ2v) is 7.10. The molecule has 0 amide bonds. The molecule has 1 aliphatic carbocycles. The Labute approximate surface area is 127 Å². The zero-order valence-electron chi connectivity index (χ0n) is 13.4. The van der Waals surface area contributed by atoms with Crippen LogP contribution in [0, 0.1) is 11.8 Å². The number of hydrogen-bond acceptors (Lipinski definition) is 3. The van der Waals surface area contributed by atoms with Crippen molar-refractivity contribution in [2.75, 3.05) is 7.11 Å². The lowest BCUT2D eigenvalue weighted by Gasteiger charge is -2.47. The average Bonchev–Trinajstić information content (AvgIpc) is 2.47. The fraction of sp³-hybridized carbons (Fsp3) is 0.667. The third-order valence-electron chi connectivity index (χ3n) is 5.32. The van der Waals surface area contributed by atoms with Crippen LogP contribution >= 0.6 is 0 Å². The highest BCUT2D eigenvalue weighted by Crippen LogP contribution is 2.48. The molecule has 2 unspecified atom stereocenters. The van der Waals surface area contributed by atoms with E-state index in [2.05, 4.69) is 13.8 Å². The summed E-state index contributed by atoms with van der Waals surface area (Å²) >= 11 is 0. The van der Waals surface area contributed by atoms with Gasteiger partial charge in [-0.25, -0.2) is 0 Å². The van der Waals surface area contributed by atoms with Crippen molar-refractivity contribution in [3.63, 3.8) is 0 Å². The predicted octanol–water partition coefficient (Wildman–Crippen LogP) is 4.06. The quantitative estimate of drug-likeness (QED) is 0.893. The molecule has 3 rings (SSSR count). The molecule has 1 fully saturated rings. The molecule has 0 aromatic heterocycles. The predicted molar refractivity (Wildman–Crippen MR) is 84.7 cm³/mol. The van der Waals surface area contributed by atoms with Gasteiger partial charge in [-0.05, 0) is 55.7 Å². The van der Waals surface area contributed by atoms with Gasteiger partial charge in [0.05, 0.1) is 7.11 Å². The molecule has 2 N–H and O–H groups in total. The minimum Gasteiger partial charge on any atom is -0.497 e. The number of fused-ring (bicyclic) bond motifs is 1. The van der Waals surface area contributed by atoms with E-state index in [1.807, 2.05) is 18.2 Å². The van der Waals surface area contributed by atoms with Gasteiger partial charge in [-0.3, -0.25) is 0 Å². The Morgan fingerprint density at radius 2 is 2.14 bits per heavy atom. The third kappa shape index (κ3) is 2.76. The molecule has 1 aliphatic heterocycles. The summed E-state index contributed by atoms with van der Waals surface area (Å²) in [7, 11) is 1.69. The highest BCUT2D eigenvalue weighted by Gasteiger charge is 2.44. The van der Waals surface area contributed by atoms with Crippen molar-refractivity contribution in [1.29, 1.82) is 0 Å². The summed E-state index contributed by atoms with van der Waals surface area (Å²) in [6.45, 7) is 4.65. The smallest absolute Gasteiger partial charge is 0.125 e. The van der Waals surface area contributed by atoms with E-state index in [-0.39, 0.29) is 11.6 Å². The van der Waals surface area contributed by atoms with E-state index in [4.69, 9.17) is 15.2 Å². The van der Waals surface area contributed by atoms with Crippen LogP contribution in [0.4, 0.5) is 0 Å². The van der Waals surface area contributed by atoms with Gasteiger partial charge in [-0.1, -0.05) is 13.8 Å². The van der Waals surface area contributed by atoms with Crippen molar-refractivity contribution in [2.45, 2.75) is 57.6 Å². The lowest BCUT2D eigenvalue weighted by Crippen LogP contribution is -2.47. The molecule has 0 saturated heterocycles. The minimum atomic E-state index is -0.0474. The number of benzene rings is 1. The molecule has 1 heterocycles. The van der Waals surface area contributed by atoms with Crippen molar-refractivity contribution in [2.24, 2.45) is 17.6 Å². The van der Waals surface area contributed by atoms with Gasteiger partial charge in [0.2, 0.25) is 0 Å². The van der Waals surface area contributed by atoms with Crippen LogP contribution < -0.4 is 15.2 Å². The minimum absolute atomic E-state index is 0.0474. The van der Waals surface area contributed by atoms with Crippen LogP contribution in [0.1, 0.15) is 57.6 Å². The molecule has 3 heteroatoms. The summed E-state index contributed by atoms with van der Waals surface area (Å²) in [5.74, 6) is 3.29. The van der Waals surface area contributed by atoms with Gasteiger partial charge in [-0.2, -0.15) is 0 Å². The van der Waals surface area contributed by atoms with Gasteiger partial charge >= 0.3 is 0 Å². The summed E-state index contributed by atoms with van der Waals surface area (Å²) in [6.07, 6.45) is 5.78. The van der Waals surface area contributed by atoms with Crippen LogP contribution in [0.25, 0.3) is 0 Å². The monoisotopic (exact) mass is 289 g/mol. The number of hydrogen-bond donors (Lipinski definition) is 1. The Morgan fingerprint density at radius 1 is 1.33 bits per heavy atom. The van der Waals surface area contributed by atoms with Crippen LogP contribution in [-0.2, 0) is 0 Å². The van der Waals surface area contributed by atoms with Gasteiger partial charge in [-0.15, -0.1) is 0 Å². The van der Waals surface area contributed by atoms with Crippen LogP contribution in [-0.4, -0.2) is 12.7 Å². The first-order valence-corrected chi connectivity index (χ1v) is 8.15. The summed E-state index contributed by atoms with van der Waals surface area (Å²) in [6, 6.07) is 6.06. The first kappa shape index (κ1) is 14.7. The molecule has 1 saturated carbocycles. The van der Waals surface area contributed by atoms with Crippen molar-refractivity contribution >= 4 is 0 Å². The largest absolute Gasteiger partial charge is 0.497 e. The Bertz CT molecular complexity index is 514. The van der Waals surface area contributed by atoms with Crippen LogP contribution in [0.3, 0.4) is 0 Å². The maximum Gasteiger partial charge on any atom is 0.125 e. The summed E-state index contributed by atoms with van der Waals surface area (Å²) in [5.41, 5.74) is 7.50. The van der Waals surface area contributed by atoms with Gasteiger partial charge in [0.15, 0.2) is 0 Å². The maximum absolute atomic E-state index is 6.48. The third-order valence-corrected chi connectivity index (χ3v) is 5.32. The molecule has 1 aromatic rings. The van der Waals surface area contributed by atoms with Crippen LogP contribution in [0.2, 0.25) is 0 Å². The molecule has 2 aliphatic rings. The molecule has 3 nitrogen and oxygen atoms in total. The average molecular weight is 289 g/mol. The molecule has 0 radical (unpaired) electrons. The Morgan fingerprint density at radius 3 is 2.86 bits per heavy atom. The van der Waals surface area contributed by atoms with Gasteiger partial charge in [0.1, 0.15) is 17.1 Å².